The Labute approximate surface area is 190 Å². The van der Waals surface area contributed by atoms with E-state index >= 15 is 0 Å². The Morgan fingerprint density at radius 2 is 1.30 bits per heavy atom. The van der Waals surface area contributed by atoms with Crippen molar-refractivity contribution in [2.75, 3.05) is 0 Å². The van der Waals surface area contributed by atoms with E-state index in [1.807, 2.05) is 12.3 Å². The van der Waals surface area contributed by atoms with E-state index in [2.05, 4.69) is 102 Å². The summed E-state index contributed by atoms with van der Waals surface area (Å²) in [4.78, 5) is 4.29. The van der Waals surface area contributed by atoms with Crippen molar-refractivity contribution in [1.82, 2.24) is 4.98 Å². The molecule has 0 aliphatic heterocycles. The summed E-state index contributed by atoms with van der Waals surface area (Å²) >= 11 is 0. The lowest BCUT2D eigenvalue weighted by Crippen LogP contribution is -1.84. The van der Waals surface area contributed by atoms with Gasteiger partial charge < -0.3 is 4.42 Å². The van der Waals surface area contributed by atoms with Crippen molar-refractivity contribution in [2.45, 2.75) is 0 Å². The number of nitrogens with zero attached hydrogens (tertiary/aromatic N) is 1. The van der Waals surface area contributed by atoms with Crippen LogP contribution in [0.4, 0.5) is 0 Å². The van der Waals surface area contributed by atoms with Crippen LogP contribution in [0.3, 0.4) is 0 Å². The number of pyridine rings is 1. The van der Waals surface area contributed by atoms with Crippen molar-refractivity contribution in [3.63, 3.8) is 0 Å². The van der Waals surface area contributed by atoms with Crippen molar-refractivity contribution in [3.05, 3.63) is 116 Å². The van der Waals surface area contributed by atoms with E-state index < -0.39 is 0 Å². The summed E-state index contributed by atoms with van der Waals surface area (Å²) in [5.41, 5.74) is 6.34. The standard InChI is InChI=1S/C31H19NO/c1-2-8-22-18-29-28(16-21(22)7-1)30-26-13-4-3-9-24(26)17-27(31(30)33-29)23-11-5-10-20(15-23)25-12-6-14-32-19-25/h1-19H. The average Bonchev–Trinajstić information content (AvgIpc) is 3.26. The molecule has 0 atom stereocenters. The van der Waals surface area contributed by atoms with E-state index in [1.54, 1.807) is 6.20 Å². The second-order valence-electron chi connectivity index (χ2n) is 8.47. The Morgan fingerprint density at radius 3 is 2.15 bits per heavy atom. The summed E-state index contributed by atoms with van der Waals surface area (Å²) in [6, 6.07) is 36.4. The van der Waals surface area contributed by atoms with Crippen LogP contribution in [0.2, 0.25) is 0 Å². The Balaban J connectivity index is 1.58. The Hall–Kier alpha value is -4.43. The first-order chi connectivity index (χ1) is 16.3. The molecule has 0 unspecified atom stereocenters. The molecular weight excluding hydrogens is 402 g/mol. The number of fused-ring (bicyclic) bond motifs is 6. The summed E-state index contributed by atoms with van der Waals surface area (Å²) in [5, 5.41) is 7.17. The number of hydrogen-bond donors (Lipinski definition) is 0. The Morgan fingerprint density at radius 1 is 0.545 bits per heavy atom. The smallest absolute Gasteiger partial charge is 0.143 e. The Kier molecular flexibility index (Phi) is 3.88. The highest BCUT2D eigenvalue weighted by molar-refractivity contribution is 6.24. The van der Waals surface area contributed by atoms with Gasteiger partial charge in [0, 0.05) is 34.3 Å². The zero-order chi connectivity index (χ0) is 21.8. The van der Waals surface area contributed by atoms with Gasteiger partial charge in [0.2, 0.25) is 0 Å². The molecule has 2 nitrogen and oxygen atoms in total. The minimum atomic E-state index is 0.921. The van der Waals surface area contributed by atoms with Crippen LogP contribution in [-0.2, 0) is 0 Å². The molecule has 2 heterocycles. The van der Waals surface area contributed by atoms with E-state index in [-0.39, 0.29) is 0 Å². The highest BCUT2D eigenvalue weighted by Crippen LogP contribution is 2.42. The number of hydrogen-bond acceptors (Lipinski definition) is 2. The molecule has 0 radical (unpaired) electrons. The maximum Gasteiger partial charge on any atom is 0.143 e. The van der Waals surface area contributed by atoms with Crippen molar-refractivity contribution >= 4 is 43.5 Å². The number of rotatable bonds is 2. The lowest BCUT2D eigenvalue weighted by Gasteiger charge is -2.09. The molecule has 2 heteroatoms. The predicted molar refractivity (Wildman–Crippen MR) is 137 cm³/mol. The SMILES string of the molecule is c1cncc(-c2cccc(-c3cc4ccccc4c4c3oc3cc5ccccc5cc34)c2)c1. The first-order valence-corrected chi connectivity index (χ1v) is 11.1. The maximum atomic E-state index is 6.59. The Bertz CT molecular complexity index is 1810. The topological polar surface area (TPSA) is 26.0 Å². The zero-order valence-electron chi connectivity index (χ0n) is 17.8. The predicted octanol–water partition coefficient (Wildman–Crippen LogP) is 8.62. The normalized spacial score (nSPS) is 11.6. The van der Waals surface area contributed by atoms with Gasteiger partial charge >= 0.3 is 0 Å². The van der Waals surface area contributed by atoms with E-state index in [1.165, 1.54) is 26.9 Å². The number of benzene rings is 5. The molecule has 0 aliphatic carbocycles. The van der Waals surface area contributed by atoms with Gasteiger partial charge in [0.15, 0.2) is 0 Å². The second-order valence-corrected chi connectivity index (χ2v) is 8.47. The molecule has 0 fully saturated rings. The monoisotopic (exact) mass is 421 g/mol. The molecule has 0 spiro atoms. The van der Waals surface area contributed by atoms with Crippen LogP contribution in [0.25, 0.3) is 65.7 Å². The van der Waals surface area contributed by atoms with E-state index in [0.717, 1.165) is 38.8 Å². The van der Waals surface area contributed by atoms with Gasteiger partial charge in [-0.2, -0.15) is 0 Å². The molecule has 0 amide bonds. The van der Waals surface area contributed by atoms with E-state index in [9.17, 15) is 0 Å². The highest BCUT2D eigenvalue weighted by atomic mass is 16.3. The molecule has 0 saturated heterocycles. The first-order valence-electron chi connectivity index (χ1n) is 11.1. The molecule has 0 N–H and O–H groups in total. The molecule has 154 valence electrons. The van der Waals surface area contributed by atoms with Gasteiger partial charge in [-0.3, -0.25) is 4.98 Å². The lowest BCUT2D eigenvalue weighted by atomic mass is 9.94. The maximum absolute atomic E-state index is 6.59. The quantitative estimate of drug-likeness (QED) is 0.279. The van der Waals surface area contributed by atoms with E-state index in [0.29, 0.717) is 0 Å². The van der Waals surface area contributed by atoms with Gasteiger partial charge in [0.25, 0.3) is 0 Å². The van der Waals surface area contributed by atoms with Crippen molar-refractivity contribution in [2.24, 2.45) is 0 Å². The summed E-state index contributed by atoms with van der Waals surface area (Å²) in [5.74, 6) is 0. The van der Waals surface area contributed by atoms with Gasteiger partial charge in [-0.15, -0.1) is 0 Å². The van der Waals surface area contributed by atoms with Crippen LogP contribution in [0.15, 0.2) is 120 Å². The largest absolute Gasteiger partial charge is 0.455 e. The van der Waals surface area contributed by atoms with Crippen LogP contribution in [0, 0.1) is 0 Å². The fourth-order valence-corrected chi connectivity index (χ4v) is 4.93. The molecular formula is C31H19NO. The summed E-state index contributed by atoms with van der Waals surface area (Å²) in [6.07, 6.45) is 3.71. The third-order valence-corrected chi connectivity index (χ3v) is 6.50. The molecule has 7 aromatic rings. The van der Waals surface area contributed by atoms with Gasteiger partial charge in [-0.05, 0) is 63.0 Å². The highest BCUT2D eigenvalue weighted by Gasteiger charge is 2.17. The van der Waals surface area contributed by atoms with Crippen molar-refractivity contribution in [3.8, 4) is 22.3 Å². The van der Waals surface area contributed by atoms with Crippen LogP contribution >= 0.6 is 0 Å². The fourth-order valence-electron chi connectivity index (χ4n) is 4.93. The lowest BCUT2D eigenvalue weighted by molar-refractivity contribution is 0.671. The van der Waals surface area contributed by atoms with Crippen LogP contribution in [-0.4, -0.2) is 4.98 Å². The van der Waals surface area contributed by atoms with Gasteiger partial charge in [0.1, 0.15) is 11.2 Å². The molecule has 0 aliphatic rings. The van der Waals surface area contributed by atoms with Crippen LogP contribution < -0.4 is 0 Å². The molecule has 33 heavy (non-hydrogen) atoms. The summed E-state index contributed by atoms with van der Waals surface area (Å²) in [7, 11) is 0. The van der Waals surface area contributed by atoms with Gasteiger partial charge in [-0.25, -0.2) is 0 Å². The van der Waals surface area contributed by atoms with Crippen molar-refractivity contribution in [1.29, 1.82) is 0 Å². The van der Waals surface area contributed by atoms with Crippen LogP contribution in [0.1, 0.15) is 0 Å². The van der Waals surface area contributed by atoms with Crippen LogP contribution in [0.5, 0.6) is 0 Å². The molecule has 7 rings (SSSR count). The number of aromatic nitrogens is 1. The molecule has 2 aromatic heterocycles. The second kappa shape index (κ2) is 7.04. The number of furan rings is 1. The minimum Gasteiger partial charge on any atom is -0.455 e. The zero-order valence-corrected chi connectivity index (χ0v) is 17.8. The minimum absolute atomic E-state index is 0.921. The first kappa shape index (κ1) is 18.2. The third-order valence-electron chi connectivity index (χ3n) is 6.50. The molecule has 5 aromatic carbocycles. The third kappa shape index (κ3) is 2.85. The van der Waals surface area contributed by atoms with Gasteiger partial charge in [-0.1, -0.05) is 72.8 Å². The molecule has 0 saturated carbocycles. The molecule has 0 bridgehead atoms. The average molecular weight is 421 g/mol. The van der Waals surface area contributed by atoms with E-state index in [4.69, 9.17) is 4.42 Å². The van der Waals surface area contributed by atoms with Crippen molar-refractivity contribution < 1.29 is 4.42 Å². The fraction of sp³-hybridized carbons (Fsp3) is 0. The van der Waals surface area contributed by atoms with Gasteiger partial charge in [0.05, 0.1) is 0 Å². The summed E-state index contributed by atoms with van der Waals surface area (Å²) in [6.45, 7) is 0. The summed E-state index contributed by atoms with van der Waals surface area (Å²) < 4.78 is 6.59.